The molecule has 2 fully saturated rings. The van der Waals surface area contributed by atoms with E-state index >= 15 is 0 Å². The first kappa shape index (κ1) is 13.9. The maximum absolute atomic E-state index is 12.6. The Morgan fingerprint density at radius 2 is 2.05 bits per heavy atom. The van der Waals surface area contributed by atoms with E-state index in [2.05, 4.69) is 30.7 Å². The lowest BCUT2D eigenvalue weighted by Crippen LogP contribution is -2.36. The third kappa shape index (κ3) is 1.72. The van der Waals surface area contributed by atoms with Gasteiger partial charge in [-0.15, -0.1) is 0 Å². The van der Waals surface area contributed by atoms with Gasteiger partial charge in [0.2, 0.25) is 0 Å². The highest BCUT2D eigenvalue weighted by atomic mass is 32.2. The summed E-state index contributed by atoms with van der Waals surface area (Å²) in [5.41, 5.74) is 0.560. The molecule has 1 heterocycles. The number of nitrogens with zero attached hydrogens (tertiary/aromatic N) is 1. The number of hydrogen-bond acceptors (Lipinski definition) is 4. The lowest BCUT2D eigenvalue weighted by molar-refractivity contribution is -0.122. The number of ketones is 1. The molecule has 1 N–H and O–H groups in total. The van der Waals surface area contributed by atoms with E-state index in [1.54, 1.807) is 6.92 Å². The Hall–Kier alpha value is -1.10. The van der Waals surface area contributed by atoms with Crippen LogP contribution < -0.4 is 5.56 Å². The zero-order valence-electron chi connectivity index (χ0n) is 12.3. The van der Waals surface area contributed by atoms with Crippen LogP contribution in [0.2, 0.25) is 0 Å². The van der Waals surface area contributed by atoms with E-state index in [0.29, 0.717) is 16.6 Å². The Kier molecular flexibility index (Phi) is 2.91. The van der Waals surface area contributed by atoms with Crippen LogP contribution in [0.3, 0.4) is 0 Å². The molecule has 20 heavy (non-hydrogen) atoms. The number of Topliss-reactive ketones (excluding diaryl/α,β-unsaturated/α-hetero) is 1. The molecule has 3 atom stereocenters. The Morgan fingerprint density at radius 3 is 2.60 bits per heavy atom. The van der Waals surface area contributed by atoms with Crippen molar-refractivity contribution in [2.24, 2.45) is 16.7 Å². The van der Waals surface area contributed by atoms with Crippen molar-refractivity contribution in [2.75, 3.05) is 0 Å². The predicted molar refractivity (Wildman–Crippen MR) is 78.9 cm³/mol. The van der Waals surface area contributed by atoms with Crippen molar-refractivity contribution in [3.05, 3.63) is 22.1 Å². The first-order valence-electron chi connectivity index (χ1n) is 7.04. The Bertz CT molecular complexity index is 637. The second-order valence-electron chi connectivity index (χ2n) is 6.82. The van der Waals surface area contributed by atoms with Gasteiger partial charge in [0, 0.05) is 17.7 Å². The normalized spacial score (nSPS) is 34.7. The number of H-pyrrole nitrogens is 1. The summed E-state index contributed by atoms with van der Waals surface area (Å²) in [6.45, 7) is 8.42. The summed E-state index contributed by atoms with van der Waals surface area (Å²) in [5, 5.41) is 0.471. The molecule has 2 aliphatic rings. The summed E-state index contributed by atoms with van der Waals surface area (Å²) in [7, 11) is 0. The Morgan fingerprint density at radius 1 is 1.35 bits per heavy atom. The molecule has 108 valence electrons. The van der Waals surface area contributed by atoms with E-state index in [4.69, 9.17) is 0 Å². The molecular formula is C15H20N2O2S. The molecule has 0 aromatic carbocycles. The van der Waals surface area contributed by atoms with Crippen molar-refractivity contribution < 1.29 is 4.79 Å². The summed E-state index contributed by atoms with van der Waals surface area (Å²) in [5.74, 6) is 0.486. The van der Waals surface area contributed by atoms with Crippen LogP contribution >= 0.6 is 11.8 Å². The molecule has 5 heteroatoms. The number of aromatic amines is 1. The minimum Gasteiger partial charge on any atom is -0.301 e. The first-order valence-corrected chi connectivity index (χ1v) is 7.92. The number of hydrogen-bond donors (Lipinski definition) is 1. The topological polar surface area (TPSA) is 62.8 Å². The fourth-order valence-electron chi connectivity index (χ4n) is 3.90. The van der Waals surface area contributed by atoms with E-state index in [1.165, 1.54) is 17.8 Å². The summed E-state index contributed by atoms with van der Waals surface area (Å²) in [6, 6.07) is 1.47. The van der Waals surface area contributed by atoms with Gasteiger partial charge in [0.05, 0.1) is 5.25 Å². The highest BCUT2D eigenvalue weighted by Crippen LogP contribution is 2.66. The van der Waals surface area contributed by atoms with Gasteiger partial charge >= 0.3 is 0 Å². The third-order valence-electron chi connectivity index (χ3n) is 5.55. The lowest BCUT2D eigenvalue weighted by atomic mass is 9.71. The van der Waals surface area contributed by atoms with E-state index in [9.17, 15) is 9.59 Å². The molecule has 2 saturated carbocycles. The van der Waals surface area contributed by atoms with Gasteiger partial charge in [-0.1, -0.05) is 32.5 Å². The molecule has 0 aliphatic heterocycles. The van der Waals surface area contributed by atoms with Crippen molar-refractivity contribution >= 4 is 17.5 Å². The van der Waals surface area contributed by atoms with Crippen LogP contribution in [0.15, 0.2) is 16.0 Å². The summed E-state index contributed by atoms with van der Waals surface area (Å²) >= 11 is 1.44. The molecule has 0 saturated heterocycles. The molecular weight excluding hydrogens is 272 g/mol. The second kappa shape index (κ2) is 4.20. The number of carbonyl (C=O) groups excluding carboxylic acids is 1. The highest BCUT2D eigenvalue weighted by Gasteiger charge is 2.66. The maximum atomic E-state index is 12.6. The third-order valence-corrected chi connectivity index (χ3v) is 6.96. The van der Waals surface area contributed by atoms with E-state index < -0.39 is 0 Å². The number of aryl methyl sites for hydroxylation is 1. The smallest absolute Gasteiger partial charge is 0.251 e. The van der Waals surface area contributed by atoms with Crippen LogP contribution in [-0.2, 0) is 4.79 Å². The van der Waals surface area contributed by atoms with E-state index in [-0.39, 0.29) is 27.6 Å². The van der Waals surface area contributed by atoms with Crippen LogP contribution in [0.5, 0.6) is 0 Å². The number of aromatic nitrogens is 2. The number of thioether (sulfide) groups is 1. The number of rotatable bonds is 2. The van der Waals surface area contributed by atoms with E-state index in [0.717, 1.165) is 12.8 Å². The van der Waals surface area contributed by atoms with Gasteiger partial charge in [-0.3, -0.25) is 9.59 Å². The largest absolute Gasteiger partial charge is 0.301 e. The molecule has 0 unspecified atom stereocenters. The highest BCUT2D eigenvalue weighted by molar-refractivity contribution is 8.00. The average molecular weight is 292 g/mol. The quantitative estimate of drug-likeness (QED) is 0.851. The monoisotopic (exact) mass is 292 g/mol. The van der Waals surface area contributed by atoms with Crippen LogP contribution in [0.4, 0.5) is 0 Å². The second-order valence-corrected chi connectivity index (χ2v) is 7.92. The SMILES string of the molecule is Cc1cc(=O)[nH]c(S[C@H]2C(=O)[C@H]3CC[C@]2(C)C3(C)C)n1. The molecule has 3 rings (SSSR count). The van der Waals surface area contributed by atoms with E-state index in [1.807, 2.05) is 0 Å². The van der Waals surface area contributed by atoms with Crippen molar-refractivity contribution in [2.45, 2.75) is 50.9 Å². The van der Waals surface area contributed by atoms with Gasteiger partial charge in [-0.25, -0.2) is 4.98 Å². The molecule has 2 bridgehead atoms. The standard InChI is InChI=1S/C15H20N2O2S/c1-8-7-10(18)17-13(16-8)20-12-11(19)9-5-6-15(12,4)14(9,2)3/h7,9,12H,5-6H2,1-4H3,(H,16,17,18)/t9-,12+,15+/m1/s1. The van der Waals surface area contributed by atoms with Gasteiger partial charge < -0.3 is 4.98 Å². The van der Waals surface area contributed by atoms with Crippen molar-refractivity contribution in [3.63, 3.8) is 0 Å². The van der Waals surface area contributed by atoms with Gasteiger partial charge in [0.15, 0.2) is 5.16 Å². The van der Waals surface area contributed by atoms with Gasteiger partial charge in [0.25, 0.3) is 5.56 Å². The lowest BCUT2D eigenvalue weighted by Gasteiger charge is -2.37. The molecule has 0 radical (unpaired) electrons. The van der Waals surface area contributed by atoms with Crippen LogP contribution in [0.1, 0.15) is 39.3 Å². The zero-order chi connectivity index (χ0) is 14.7. The van der Waals surface area contributed by atoms with Crippen LogP contribution in [0.25, 0.3) is 0 Å². The van der Waals surface area contributed by atoms with Crippen molar-refractivity contribution in [1.82, 2.24) is 9.97 Å². The minimum atomic E-state index is -0.153. The van der Waals surface area contributed by atoms with Crippen LogP contribution in [-0.4, -0.2) is 21.0 Å². The predicted octanol–water partition coefficient (Wildman–Crippen LogP) is 2.56. The molecule has 0 amide bonds. The molecule has 1 aromatic rings. The first-order chi connectivity index (χ1) is 9.25. The number of nitrogens with one attached hydrogen (secondary N) is 1. The van der Waals surface area contributed by atoms with Crippen LogP contribution in [0, 0.1) is 23.7 Å². The summed E-state index contributed by atoms with van der Waals surface area (Å²) in [4.78, 5) is 31.3. The van der Waals surface area contributed by atoms with Gasteiger partial charge in [0.1, 0.15) is 5.78 Å². The average Bonchev–Trinajstić information content (AvgIpc) is 2.62. The summed E-state index contributed by atoms with van der Waals surface area (Å²) < 4.78 is 0. The Labute approximate surface area is 122 Å². The zero-order valence-corrected chi connectivity index (χ0v) is 13.1. The fourth-order valence-corrected chi connectivity index (χ4v) is 5.44. The van der Waals surface area contributed by atoms with Crippen molar-refractivity contribution in [3.8, 4) is 0 Å². The molecule has 0 spiro atoms. The van der Waals surface area contributed by atoms with Gasteiger partial charge in [-0.05, 0) is 30.6 Å². The Balaban J connectivity index is 1.96. The maximum Gasteiger partial charge on any atom is 0.251 e. The molecule has 1 aromatic heterocycles. The number of fused-ring (bicyclic) bond motifs is 2. The molecule has 2 aliphatic carbocycles. The minimum absolute atomic E-state index is 0.0122. The van der Waals surface area contributed by atoms with Crippen molar-refractivity contribution in [1.29, 1.82) is 0 Å². The fraction of sp³-hybridized carbons (Fsp3) is 0.667. The number of carbonyl (C=O) groups is 1. The molecule has 4 nitrogen and oxygen atoms in total. The van der Waals surface area contributed by atoms with Gasteiger partial charge in [-0.2, -0.15) is 0 Å². The summed E-state index contributed by atoms with van der Waals surface area (Å²) in [6.07, 6.45) is 2.07.